The molecule has 146 valence electrons. The van der Waals surface area contributed by atoms with Gasteiger partial charge in [-0.3, -0.25) is 14.2 Å². The van der Waals surface area contributed by atoms with Crippen molar-refractivity contribution in [2.75, 3.05) is 0 Å². The van der Waals surface area contributed by atoms with Gasteiger partial charge in [-0.25, -0.2) is 4.79 Å². The number of fused-ring (bicyclic) bond motifs is 4. The van der Waals surface area contributed by atoms with Crippen molar-refractivity contribution in [3.8, 4) is 0 Å². The second kappa shape index (κ2) is 6.77. The van der Waals surface area contributed by atoms with Crippen LogP contribution in [0.25, 0.3) is 21.8 Å². The number of H-pyrrole nitrogens is 2. The van der Waals surface area contributed by atoms with E-state index in [2.05, 4.69) is 21.4 Å². The number of aromatic amines is 2. The van der Waals surface area contributed by atoms with Gasteiger partial charge < -0.3 is 15.3 Å². The highest BCUT2D eigenvalue weighted by molar-refractivity contribution is 5.85. The molecule has 0 unspecified atom stereocenters. The Kier molecular flexibility index (Phi) is 4.08. The highest BCUT2D eigenvalue weighted by Gasteiger charge is 2.25. The lowest BCUT2D eigenvalue weighted by Crippen LogP contribution is -2.41. The molecule has 2 aromatic heterocycles. The van der Waals surface area contributed by atoms with Crippen molar-refractivity contribution in [3.63, 3.8) is 0 Å². The summed E-state index contributed by atoms with van der Waals surface area (Å²) in [7, 11) is 0. The molecule has 0 aliphatic heterocycles. The van der Waals surface area contributed by atoms with Gasteiger partial charge >= 0.3 is 5.69 Å². The lowest BCUT2D eigenvalue weighted by Gasteiger charge is -2.24. The first-order valence-electron chi connectivity index (χ1n) is 9.72. The van der Waals surface area contributed by atoms with Crippen LogP contribution < -0.4 is 16.6 Å². The largest absolute Gasteiger partial charge is 0.356 e. The summed E-state index contributed by atoms with van der Waals surface area (Å²) in [6.45, 7) is -0.314. The smallest absolute Gasteiger partial charge is 0.329 e. The van der Waals surface area contributed by atoms with Gasteiger partial charge in [-0.1, -0.05) is 30.3 Å². The van der Waals surface area contributed by atoms with Crippen molar-refractivity contribution >= 4 is 27.7 Å². The van der Waals surface area contributed by atoms with E-state index in [4.69, 9.17) is 0 Å². The van der Waals surface area contributed by atoms with Gasteiger partial charge in [0.1, 0.15) is 6.54 Å². The summed E-state index contributed by atoms with van der Waals surface area (Å²) in [6.07, 6.45) is 2.75. The minimum absolute atomic E-state index is 0.158. The van der Waals surface area contributed by atoms with Crippen molar-refractivity contribution in [1.82, 2.24) is 19.9 Å². The first kappa shape index (κ1) is 17.5. The first-order valence-corrected chi connectivity index (χ1v) is 9.72. The van der Waals surface area contributed by atoms with Crippen LogP contribution in [0.1, 0.15) is 30.1 Å². The van der Waals surface area contributed by atoms with E-state index >= 15 is 0 Å². The van der Waals surface area contributed by atoms with E-state index in [-0.39, 0.29) is 18.5 Å². The van der Waals surface area contributed by atoms with Gasteiger partial charge in [-0.2, -0.15) is 0 Å². The average Bonchev–Trinajstić information content (AvgIpc) is 3.11. The molecule has 0 spiro atoms. The Balaban J connectivity index is 1.44. The standard InChI is InChI=1S/C22H20N4O3/c27-19(12-26-21(28)15-7-2-4-10-17(15)25-22(26)29)23-18-11-5-8-14-13-6-1-3-9-16(13)24-20(14)18/h1-4,6-7,9-10,18,24H,5,8,11-12H2,(H,23,27)(H,25,29)/t18-/m0/s1. The number of amides is 1. The Morgan fingerprint density at radius 1 is 1.00 bits per heavy atom. The highest BCUT2D eigenvalue weighted by Crippen LogP contribution is 2.34. The summed E-state index contributed by atoms with van der Waals surface area (Å²) in [5, 5.41) is 4.57. The summed E-state index contributed by atoms with van der Waals surface area (Å²) in [6, 6.07) is 14.7. The normalized spacial score (nSPS) is 16.1. The van der Waals surface area contributed by atoms with Gasteiger partial charge in [0.2, 0.25) is 5.91 Å². The number of aromatic nitrogens is 3. The van der Waals surface area contributed by atoms with E-state index in [1.807, 2.05) is 18.2 Å². The summed E-state index contributed by atoms with van der Waals surface area (Å²) < 4.78 is 0.951. The maximum absolute atomic E-state index is 12.7. The van der Waals surface area contributed by atoms with Crippen molar-refractivity contribution in [2.45, 2.75) is 31.8 Å². The minimum atomic E-state index is -0.584. The Hall–Kier alpha value is -3.61. The monoisotopic (exact) mass is 388 g/mol. The van der Waals surface area contributed by atoms with E-state index in [1.54, 1.807) is 24.3 Å². The van der Waals surface area contributed by atoms with E-state index in [1.165, 1.54) is 10.9 Å². The third-order valence-corrected chi connectivity index (χ3v) is 5.64. The fourth-order valence-corrected chi connectivity index (χ4v) is 4.29. The molecule has 0 fully saturated rings. The SMILES string of the molecule is O=C(Cn1c(=O)[nH]c2ccccc2c1=O)N[C@H]1CCCc2c1[nH]c1ccccc21. The maximum Gasteiger partial charge on any atom is 0.329 e. The molecule has 0 saturated carbocycles. The number of carbonyl (C=O) groups is 1. The predicted octanol–water partition coefficient (Wildman–Crippen LogP) is 2.36. The fraction of sp³-hybridized carbons (Fsp3) is 0.227. The molecule has 0 saturated heterocycles. The van der Waals surface area contributed by atoms with E-state index in [0.29, 0.717) is 10.9 Å². The van der Waals surface area contributed by atoms with Crippen LogP contribution in [-0.4, -0.2) is 20.4 Å². The first-order chi connectivity index (χ1) is 14.1. The predicted molar refractivity (Wildman–Crippen MR) is 111 cm³/mol. The lowest BCUT2D eigenvalue weighted by molar-refractivity contribution is -0.122. The molecule has 2 aromatic carbocycles. The molecule has 7 nitrogen and oxygen atoms in total. The topological polar surface area (TPSA) is 99.8 Å². The number of nitrogens with one attached hydrogen (secondary N) is 3. The number of hydrogen-bond acceptors (Lipinski definition) is 3. The zero-order chi connectivity index (χ0) is 20.0. The van der Waals surface area contributed by atoms with Crippen LogP contribution in [0.4, 0.5) is 0 Å². The molecule has 5 rings (SSSR count). The molecule has 1 aliphatic carbocycles. The van der Waals surface area contributed by atoms with Crippen LogP contribution in [0.3, 0.4) is 0 Å². The van der Waals surface area contributed by atoms with Crippen LogP contribution in [0.5, 0.6) is 0 Å². The second-order valence-electron chi connectivity index (χ2n) is 7.44. The maximum atomic E-state index is 12.7. The molecule has 29 heavy (non-hydrogen) atoms. The van der Waals surface area contributed by atoms with E-state index in [0.717, 1.165) is 35.0 Å². The molecule has 3 N–H and O–H groups in total. The molecule has 7 heteroatoms. The average molecular weight is 388 g/mol. The fourth-order valence-electron chi connectivity index (χ4n) is 4.29. The van der Waals surface area contributed by atoms with Crippen molar-refractivity contribution in [2.24, 2.45) is 0 Å². The quantitative estimate of drug-likeness (QED) is 0.502. The van der Waals surface area contributed by atoms with Crippen molar-refractivity contribution in [3.05, 3.63) is 80.6 Å². The molecular formula is C22H20N4O3. The molecule has 0 bridgehead atoms. The number of hydrogen-bond donors (Lipinski definition) is 3. The van der Waals surface area contributed by atoms with Gasteiger partial charge in [0.15, 0.2) is 0 Å². The van der Waals surface area contributed by atoms with Crippen LogP contribution in [0.2, 0.25) is 0 Å². The number of aryl methyl sites for hydroxylation is 1. The molecule has 0 radical (unpaired) electrons. The Morgan fingerprint density at radius 3 is 2.48 bits per heavy atom. The van der Waals surface area contributed by atoms with Crippen LogP contribution in [0, 0.1) is 0 Å². The number of benzene rings is 2. The molecule has 4 aromatic rings. The molecule has 1 amide bonds. The molecule has 1 aliphatic rings. The highest BCUT2D eigenvalue weighted by atomic mass is 16.2. The third-order valence-electron chi connectivity index (χ3n) is 5.64. The van der Waals surface area contributed by atoms with Gasteiger partial charge in [0, 0.05) is 16.6 Å². The lowest BCUT2D eigenvalue weighted by atomic mass is 9.91. The number of nitrogens with zero attached hydrogens (tertiary/aromatic N) is 1. The number of carbonyl (C=O) groups excluding carboxylic acids is 1. The van der Waals surface area contributed by atoms with Gasteiger partial charge in [-0.05, 0) is 43.0 Å². The Morgan fingerprint density at radius 2 is 1.69 bits per heavy atom. The minimum Gasteiger partial charge on any atom is -0.356 e. The van der Waals surface area contributed by atoms with E-state index < -0.39 is 11.2 Å². The zero-order valence-electron chi connectivity index (χ0n) is 15.7. The molecule has 2 heterocycles. The van der Waals surface area contributed by atoms with Gasteiger partial charge in [-0.15, -0.1) is 0 Å². The van der Waals surface area contributed by atoms with E-state index in [9.17, 15) is 14.4 Å². The van der Waals surface area contributed by atoms with Crippen LogP contribution in [0.15, 0.2) is 58.1 Å². The molecular weight excluding hydrogens is 368 g/mol. The summed E-state index contributed by atoms with van der Waals surface area (Å²) in [5.41, 5.74) is 2.73. The van der Waals surface area contributed by atoms with Crippen molar-refractivity contribution < 1.29 is 4.79 Å². The second-order valence-corrected chi connectivity index (χ2v) is 7.44. The van der Waals surface area contributed by atoms with Crippen LogP contribution >= 0.6 is 0 Å². The number of para-hydroxylation sites is 2. The van der Waals surface area contributed by atoms with Gasteiger partial charge in [0.25, 0.3) is 5.56 Å². The molecule has 1 atom stereocenters. The van der Waals surface area contributed by atoms with Crippen LogP contribution in [-0.2, 0) is 17.8 Å². The summed E-state index contributed by atoms with van der Waals surface area (Å²) >= 11 is 0. The summed E-state index contributed by atoms with van der Waals surface area (Å²) in [5.74, 6) is -0.357. The number of rotatable bonds is 3. The third kappa shape index (κ3) is 2.95. The zero-order valence-corrected chi connectivity index (χ0v) is 15.7. The Labute approximate surface area is 165 Å². The summed E-state index contributed by atoms with van der Waals surface area (Å²) in [4.78, 5) is 43.8. The van der Waals surface area contributed by atoms with Gasteiger partial charge in [0.05, 0.1) is 16.9 Å². The van der Waals surface area contributed by atoms with Crippen molar-refractivity contribution in [1.29, 1.82) is 0 Å². The Bertz CT molecular complexity index is 1360.